The van der Waals surface area contributed by atoms with Crippen LogP contribution in [-0.2, 0) is 0 Å². The first-order valence-corrected chi connectivity index (χ1v) is 6.78. The Balaban J connectivity index is 2.30. The third-order valence-electron chi connectivity index (χ3n) is 3.02. The number of hydrogen-bond donors (Lipinski definition) is 0. The maximum absolute atomic E-state index is 5.62. The van der Waals surface area contributed by atoms with Crippen LogP contribution in [0, 0.1) is 0 Å². The Morgan fingerprint density at radius 3 is 1.70 bits per heavy atom. The van der Waals surface area contributed by atoms with E-state index in [0.717, 1.165) is 33.6 Å². The first kappa shape index (κ1) is 12.7. The third-order valence-corrected chi connectivity index (χ3v) is 3.02. The summed E-state index contributed by atoms with van der Waals surface area (Å²) in [6.07, 6.45) is 0. The largest absolute Gasteiger partial charge is 0.492 e. The summed E-state index contributed by atoms with van der Waals surface area (Å²) >= 11 is 0. The Labute approximate surface area is 117 Å². The van der Waals surface area contributed by atoms with E-state index in [-0.39, 0.29) is 0 Å². The van der Waals surface area contributed by atoms with Gasteiger partial charge in [-0.1, -0.05) is 12.1 Å². The van der Waals surface area contributed by atoms with Gasteiger partial charge in [0.05, 0.1) is 24.2 Å². The van der Waals surface area contributed by atoms with Crippen LogP contribution in [0.1, 0.15) is 13.8 Å². The normalized spacial score (nSPS) is 10.9. The highest BCUT2D eigenvalue weighted by atomic mass is 16.5. The molecule has 0 atom stereocenters. The van der Waals surface area contributed by atoms with Gasteiger partial charge in [0.1, 0.15) is 22.5 Å². The molecule has 0 fully saturated rings. The van der Waals surface area contributed by atoms with Crippen molar-refractivity contribution in [3.05, 3.63) is 36.4 Å². The topological polar surface area (TPSA) is 44.2 Å². The molecule has 0 aliphatic heterocycles. The summed E-state index contributed by atoms with van der Waals surface area (Å²) in [6, 6.07) is 11.6. The summed E-state index contributed by atoms with van der Waals surface area (Å²) in [6.45, 7) is 5.12. The smallest absolute Gasteiger partial charge is 0.147 e. The summed E-state index contributed by atoms with van der Waals surface area (Å²) in [5.74, 6) is 1.51. The molecule has 0 aliphatic carbocycles. The zero-order valence-corrected chi connectivity index (χ0v) is 11.6. The molecule has 0 radical (unpaired) electrons. The maximum Gasteiger partial charge on any atom is 0.147 e. The lowest BCUT2D eigenvalue weighted by Gasteiger charge is -2.09. The zero-order valence-electron chi connectivity index (χ0n) is 11.6. The summed E-state index contributed by atoms with van der Waals surface area (Å²) in [4.78, 5) is 9.34. The van der Waals surface area contributed by atoms with Crippen LogP contribution in [0.25, 0.3) is 22.1 Å². The van der Waals surface area contributed by atoms with Gasteiger partial charge in [-0.15, -0.1) is 0 Å². The molecule has 0 saturated heterocycles. The van der Waals surface area contributed by atoms with Gasteiger partial charge in [0, 0.05) is 0 Å². The fourth-order valence-electron chi connectivity index (χ4n) is 2.21. The average Bonchev–Trinajstić information content (AvgIpc) is 2.47. The van der Waals surface area contributed by atoms with Crippen molar-refractivity contribution >= 4 is 22.1 Å². The molecule has 3 aromatic rings. The van der Waals surface area contributed by atoms with E-state index in [1.807, 2.05) is 50.2 Å². The van der Waals surface area contributed by atoms with Crippen LogP contribution in [0.5, 0.6) is 11.5 Å². The minimum absolute atomic E-state index is 0.603. The van der Waals surface area contributed by atoms with Crippen molar-refractivity contribution in [2.45, 2.75) is 13.8 Å². The molecule has 0 bridgehead atoms. The number of nitrogens with zero attached hydrogens (tertiary/aromatic N) is 2. The SMILES string of the molecule is CCOc1cccc2nc3cccc(OCC)c3nc12. The number of para-hydroxylation sites is 2. The van der Waals surface area contributed by atoms with Crippen molar-refractivity contribution in [2.75, 3.05) is 13.2 Å². The first-order valence-electron chi connectivity index (χ1n) is 6.78. The monoisotopic (exact) mass is 268 g/mol. The van der Waals surface area contributed by atoms with Crippen molar-refractivity contribution in [2.24, 2.45) is 0 Å². The number of rotatable bonds is 4. The van der Waals surface area contributed by atoms with E-state index < -0.39 is 0 Å². The van der Waals surface area contributed by atoms with Gasteiger partial charge in [-0.2, -0.15) is 0 Å². The van der Waals surface area contributed by atoms with Gasteiger partial charge >= 0.3 is 0 Å². The predicted octanol–water partition coefficient (Wildman–Crippen LogP) is 3.58. The number of aromatic nitrogens is 2. The van der Waals surface area contributed by atoms with Crippen LogP contribution in [0.2, 0.25) is 0 Å². The molecule has 1 aromatic heterocycles. The Morgan fingerprint density at radius 1 is 0.750 bits per heavy atom. The molecule has 4 heteroatoms. The molecule has 3 rings (SSSR count). The molecule has 0 N–H and O–H groups in total. The van der Waals surface area contributed by atoms with Gasteiger partial charge in [0.2, 0.25) is 0 Å². The molecule has 0 aliphatic rings. The first-order chi connectivity index (χ1) is 9.83. The highest BCUT2D eigenvalue weighted by Gasteiger charge is 2.10. The number of fused-ring (bicyclic) bond motifs is 2. The highest BCUT2D eigenvalue weighted by Crippen LogP contribution is 2.29. The molecule has 0 spiro atoms. The molecule has 102 valence electrons. The van der Waals surface area contributed by atoms with Crippen LogP contribution in [0.15, 0.2) is 36.4 Å². The second-order valence-corrected chi connectivity index (χ2v) is 4.34. The predicted molar refractivity (Wildman–Crippen MR) is 79.4 cm³/mol. The molecule has 20 heavy (non-hydrogen) atoms. The fourth-order valence-corrected chi connectivity index (χ4v) is 2.21. The lowest BCUT2D eigenvalue weighted by Crippen LogP contribution is -1.98. The van der Waals surface area contributed by atoms with Gasteiger partial charge in [0.15, 0.2) is 0 Å². The quantitative estimate of drug-likeness (QED) is 0.678. The maximum atomic E-state index is 5.62. The van der Waals surface area contributed by atoms with Gasteiger partial charge in [-0.05, 0) is 38.1 Å². The zero-order chi connectivity index (χ0) is 13.9. The van der Waals surface area contributed by atoms with E-state index in [0.29, 0.717) is 13.2 Å². The molecule has 4 nitrogen and oxygen atoms in total. The van der Waals surface area contributed by atoms with Crippen LogP contribution in [-0.4, -0.2) is 23.2 Å². The fraction of sp³-hybridized carbons (Fsp3) is 0.250. The minimum atomic E-state index is 0.603. The van der Waals surface area contributed by atoms with Crippen molar-refractivity contribution in [1.82, 2.24) is 9.97 Å². The summed E-state index contributed by atoms with van der Waals surface area (Å²) < 4.78 is 11.2. The van der Waals surface area contributed by atoms with Crippen LogP contribution in [0.4, 0.5) is 0 Å². The summed E-state index contributed by atoms with van der Waals surface area (Å²) in [5, 5.41) is 0. The Bertz CT molecular complexity index is 695. The Morgan fingerprint density at radius 2 is 1.25 bits per heavy atom. The standard InChI is InChI=1S/C16H16N2O2/c1-3-19-13-9-5-7-11-15(13)18-16-12(17-11)8-6-10-14(16)20-4-2/h5-10H,3-4H2,1-2H3. The molecule has 0 amide bonds. The van der Waals surface area contributed by atoms with E-state index in [1.165, 1.54) is 0 Å². The summed E-state index contributed by atoms with van der Waals surface area (Å²) in [7, 11) is 0. The van der Waals surface area contributed by atoms with Crippen LogP contribution >= 0.6 is 0 Å². The number of hydrogen-bond acceptors (Lipinski definition) is 4. The van der Waals surface area contributed by atoms with Crippen molar-refractivity contribution in [1.29, 1.82) is 0 Å². The van der Waals surface area contributed by atoms with Crippen LogP contribution < -0.4 is 9.47 Å². The van der Waals surface area contributed by atoms with Crippen LogP contribution in [0.3, 0.4) is 0 Å². The van der Waals surface area contributed by atoms with Crippen molar-refractivity contribution in [3.63, 3.8) is 0 Å². The molecule has 1 heterocycles. The molecule has 0 saturated carbocycles. The Kier molecular flexibility index (Phi) is 3.37. The van der Waals surface area contributed by atoms with Gasteiger partial charge in [-0.25, -0.2) is 9.97 Å². The molecule has 0 unspecified atom stereocenters. The minimum Gasteiger partial charge on any atom is -0.492 e. The van der Waals surface area contributed by atoms with E-state index in [4.69, 9.17) is 14.5 Å². The molecule has 2 aromatic carbocycles. The summed E-state index contributed by atoms with van der Waals surface area (Å²) in [5.41, 5.74) is 3.21. The average molecular weight is 268 g/mol. The third kappa shape index (κ3) is 2.13. The van der Waals surface area contributed by atoms with E-state index in [9.17, 15) is 0 Å². The molecular formula is C16H16N2O2. The highest BCUT2D eigenvalue weighted by molar-refractivity contribution is 5.92. The lowest BCUT2D eigenvalue weighted by atomic mass is 10.2. The van der Waals surface area contributed by atoms with E-state index in [1.54, 1.807) is 0 Å². The Hall–Kier alpha value is -2.36. The van der Waals surface area contributed by atoms with E-state index >= 15 is 0 Å². The molecular weight excluding hydrogens is 252 g/mol. The van der Waals surface area contributed by atoms with Crippen molar-refractivity contribution < 1.29 is 9.47 Å². The van der Waals surface area contributed by atoms with Gasteiger partial charge in [0.25, 0.3) is 0 Å². The second kappa shape index (κ2) is 5.33. The second-order valence-electron chi connectivity index (χ2n) is 4.34. The van der Waals surface area contributed by atoms with Gasteiger partial charge < -0.3 is 9.47 Å². The lowest BCUT2D eigenvalue weighted by molar-refractivity contribution is 0.342. The van der Waals surface area contributed by atoms with Crippen molar-refractivity contribution in [3.8, 4) is 11.5 Å². The van der Waals surface area contributed by atoms with Gasteiger partial charge in [-0.3, -0.25) is 0 Å². The number of benzene rings is 2. The van der Waals surface area contributed by atoms with E-state index in [2.05, 4.69) is 4.98 Å². The number of ether oxygens (including phenoxy) is 2.